The average Bonchev–Trinajstić information content (AvgIpc) is 3.18. The van der Waals surface area contributed by atoms with Crippen LogP contribution in [0.5, 0.6) is 0 Å². The molecule has 0 unspecified atom stereocenters. The molecule has 0 amide bonds. The van der Waals surface area contributed by atoms with Crippen LogP contribution in [-0.2, 0) is 13.1 Å². The van der Waals surface area contributed by atoms with Crippen molar-refractivity contribution in [2.75, 3.05) is 0 Å². The standard InChI is InChI=1S/C19H20N6O/c1-12-13(2)22-25(14(12)3)11-16-10-24(23-21-16)9-15-8-20-19(26)18-7-5-4-6-17(15)18/h4-8,10H,9,11H2,1-3H3,(H,20,26). The van der Waals surface area contributed by atoms with Crippen LogP contribution in [-0.4, -0.2) is 29.8 Å². The van der Waals surface area contributed by atoms with Crippen molar-refractivity contribution in [3.63, 3.8) is 0 Å². The Labute approximate surface area is 150 Å². The van der Waals surface area contributed by atoms with E-state index in [2.05, 4.69) is 34.2 Å². The van der Waals surface area contributed by atoms with E-state index in [1.165, 1.54) is 5.56 Å². The van der Waals surface area contributed by atoms with Crippen LogP contribution in [0.3, 0.4) is 0 Å². The number of nitrogens with one attached hydrogen (secondary N) is 1. The minimum atomic E-state index is -0.0801. The van der Waals surface area contributed by atoms with E-state index in [1.54, 1.807) is 10.9 Å². The fourth-order valence-electron chi connectivity index (χ4n) is 3.16. The molecule has 0 bridgehead atoms. The molecule has 1 N–H and O–H groups in total. The number of H-pyrrole nitrogens is 1. The summed E-state index contributed by atoms with van der Waals surface area (Å²) in [5, 5.41) is 14.7. The number of hydrogen-bond acceptors (Lipinski definition) is 4. The normalized spacial score (nSPS) is 11.3. The van der Waals surface area contributed by atoms with Crippen molar-refractivity contribution >= 4 is 10.8 Å². The molecule has 26 heavy (non-hydrogen) atoms. The second kappa shape index (κ2) is 6.25. The van der Waals surface area contributed by atoms with Crippen LogP contribution in [0.2, 0.25) is 0 Å². The van der Waals surface area contributed by atoms with Gasteiger partial charge in [0.25, 0.3) is 5.56 Å². The Hall–Kier alpha value is -3.22. The number of hydrogen-bond donors (Lipinski definition) is 1. The summed E-state index contributed by atoms with van der Waals surface area (Å²) >= 11 is 0. The van der Waals surface area contributed by atoms with Gasteiger partial charge in [-0.1, -0.05) is 23.4 Å². The van der Waals surface area contributed by atoms with E-state index in [0.29, 0.717) is 18.5 Å². The van der Waals surface area contributed by atoms with Crippen molar-refractivity contribution in [2.45, 2.75) is 33.9 Å². The summed E-state index contributed by atoms with van der Waals surface area (Å²) in [6, 6.07) is 7.58. The van der Waals surface area contributed by atoms with E-state index in [0.717, 1.165) is 28.0 Å². The molecule has 0 spiro atoms. The molecular formula is C19H20N6O. The lowest BCUT2D eigenvalue weighted by Crippen LogP contribution is -2.09. The molecule has 0 saturated heterocycles. The largest absolute Gasteiger partial charge is 0.328 e. The molecule has 7 heteroatoms. The Bertz CT molecular complexity index is 1150. The molecule has 4 aromatic rings. The molecular weight excluding hydrogens is 328 g/mol. The van der Waals surface area contributed by atoms with Crippen molar-refractivity contribution in [1.29, 1.82) is 0 Å². The Balaban J connectivity index is 1.60. The number of nitrogens with zero attached hydrogens (tertiary/aromatic N) is 5. The van der Waals surface area contributed by atoms with Crippen LogP contribution in [0.25, 0.3) is 10.8 Å². The summed E-state index contributed by atoms with van der Waals surface area (Å²) in [5.41, 5.74) is 5.15. The maximum absolute atomic E-state index is 12.0. The summed E-state index contributed by atoms with van der Waals surface area (Å²) < 4.78 is 3.74. The molecule has 0 aliphatic rings. The second-order valence-electron chi connectivity index (χ2n) is 6.55. The van der Waals surface area contributed by atoms with Crippen LogP contribution >= 0.6 is 0 Å². The summed E-state index contributed by atoms with van der Waals surface area (Å²) in [4.78, 5) is 14.7. The quantitative estimate of drug-likeness (QED) is 0.614. The van der Waals surface area contributed by atoms with Gasteiger partial charge in [-0.25, -0.2) is 4.68 Å². The third-order valence-corrected chi connectivity index (χ3v) is 4.87. The monoisotopic (exact) mass is 348 g/mol. The van der Waals surface area contributed by atoms with E-state index >= 15 is 0 Å². The minimum absolute atomic E-state index is 0.0801. The van der Waals surface area contributed by atoms with E-state index in [9.17, 15) is 4.79 Å². The molecule has 3 aromatic heterocycles. The third kappa shape index (κ3) is 2.81. The van der Waals surface area contributed by atoms with Gasteiger partial charge in [-0.2, -0.15) is 5.10 Å². The molecule has 7 nitrogen and oxygen atoms in total. The minimum Gasteiger partial charge on any atom is -0.328 e. The van der Waals surface area contributed by atoms with Crippen molar-refractivity contribution in [3.05, 3.63) is 75.2 Å². The smallest absolute Gasteiger partial charge is 0.255 e. The summed E-state index contributed by atoms with van der Waals surface area (Å²) in [6.07, 6.45) is 3.67. The van der Waals surface area contributed by atoms with Gasteiger partial charge < -0.3 is 4.98 Å². The van der Waals surface area contributed by atoms with E-state index in [1.807, 2.05) is 42.1 Å². The van der Waals surface area contributed by atoms with Crippen molar-refractivity contribution in [1.82, 2.24) is 29.8 Å². The van der Waals surface area contributed by atoms with Gasteiger partial charge in [0.2, 0.25) is 0 Å². The molecule has 3 heterocycles. The number of fused-ring (bicyclic) bond motifs is 1. The van der Waals surface area contributed by atoms with Gasteiger partial charge in [0.1, 0.15) is 5.69 Å². The number of aromatic nitrogens is 6. The molecule has 0 aliphatic carbocycles. The Kier molecular flexibility index (Phi) is 3.91. The lowest BCUT2D eigenvalue weighted by molar-refractivity contribution is 0.638. The topological polar surface area (TPSA) is 81.4 Å². The third-order valence-electron chi connectivity index (χ3n) is 4.87. The lowest BCUT2D eigenvalue weighted by atomic mass is 10.1. The van der Waals surface area contributed by atoms with Crippen molar-refractivity contribution in [3.8, 4) is 0 Å². The van der Waals surface area contributed by atoms with Crippen LogP contribution < -0.4 is 5.56 Å². The fourth-order valence-corrected chi connectivity index (χ4v) is 3.16. The van der Waals surface area contributed by atoms with Crippen molar-refractivity contribution in [2.24, 2.45) is 0 Å². The number of benzene rings is 1. The second-order valence-corrected chi connectivity index (χ2v) is 6.55. The van der Waals surface area contributed by atoms with Gasteiger partial charge in [0, 0.05) is 17.3 Å². The molecule has 0 saturated carbocycles. The fraction of sp³-hybridized carbons (Fsp3) is 0.263. The number of aryl methyl sites for hydroxylation is 1. The lowest BCUT2D eigenvalue weighted by Gasteiger charge is -2.05. The number of aromatic amines is 1. The van der Waals surface area contributed by atoms with Crippen molar-refractivity contribution < 1.29 is 0 Å². The predicted molar refractivity (Wildman–Crippen MR) is 99.2 cm³/mol. The maximum Gasteiger partial charge on any atom is 0.255 e. The molecule has 0 aliphatic heterocycles. The van der Waals surface area contributed by atoms with E-state index < -0.39 is 0 Å². The Morgan fingerprint density at radius 2 is 1.85 bits per heavy atom. The zero-order chi connectivity index (χ0) is 18.3. The predicted octanol–water partition coefficient (Wildman–Crippen LogP) is 2.34. The SMILES string of the molecule is Cc1nn(Cc2cn(Cc3c[nH]c(=O)c4ccccc34)nn2)c(C)c1C. The maximum atomic E-state index is 12.0. The first-order chi connectivity index (χ1) is 12.5. The van der Waals surface area contributed by atoms with Gasteiger partial charge >= 0.3 is 0 Å². The molecule has 0 radical (unpaired) electrons. The van der Waals surface area contributed by atoms with Gasteiger partial charge in [0.05, 0.1) is 25.0 Å². The molecule has 0 atom stereocenters. The van der Waals surface area contributed by atoms with Gasteiger partial charge in [-0.05, 0) is 43.4 Å². The van der Waals surface area contributed by atoms with Gasteiger partial charge in [-0.15, -0.1) is 5.10 Å². The molecule has 1 aromatic carbocycles. The summed E-state index contributed by atoms with van der Waals surface area (Å²) in [7, 11) is 0. The Morgan fingerprint density at radius 1 is 1.08 bits per heavy atom. The van der Waals surface area contributed by atoms with E-state index in [-0.39, 0.29) is 5.56 Å². The van der Waals surface area contributed by atoms with Crippen LogP contribution in [0.1, 0.15) is 28.2 Å². The van der Waals surface area contributed by atoms with E-state index in [4.69, 9.17) is 0 Å². The van der Waals surface area contributed by atoms with Crippen LogP contribution in [0, 0.1) is 20.8 Å². The highest BCUT2D eigenvalue weighted by Gasteiger charge is 2.11. The first-order valence-corrected chi connectivity index (χ1v) is 8.52. The molecule has 0 fully saturated rings. The van der Waals surface area contributed by atoms with Gasteiger partial charge in [0.15, 0.2) is 0 Å². The zero-order valence-electron chi connectivity index (χ0n) is 15.0. The average molecular weight is 348 g/mol. The summed E-state index contributed by atoms with van der Waals surface area (Å²) in [5.74, 6) is 0. The zero-order valence-corrected chi connectivity index (χ0v) is 15.0. The summed E-state index contributed by atoms with van der Waals surface area (Å²) in [6.45, 7) is 7.28. The molecule has 4 rings (SSSR count). The first kappa shape index (κ1) is 16.3. The number of pyridine rings is 1. The van der Waals surface area contributed by atoms with Gasteiger partial charge in [-0.3, -0.25) is 9.48 Å². The van der Waals surface area contributed by atoms with Crippen LogP contribution in [0.4, 0.5) is 0 Å². The number of rotatable bonds is 4. The first-order valence-electron chi connectivity index (χ1n) is 8.52. The molecule has 132 valence electrons. The Morgan fingerprint density at radius 3 is 2.58 bits per heavy atom. The highest BCUT2D eigenvalue weighted by molar-refractivity contribution is 5.84. The highest BCUT2D eigenvalue weighted by Crippen LogP contribution is 2.16. The highest BCUT2D eigenvalue weighted by atomic mass is 16.1. The van der Waals surface area contributed by atoms with Crippen LogP contribution in [0.15, 0.2) is 41.5 Å².